The third-order valence-corrected chi connectivity index (χ3v) is 4.83. The average molecular weight is 351 g/mol. The van der Waals surface area contributed by atoms with Crippen molar-refractivity contribution < 1.29 is 9.66 Å². The van der Waals surface area contributed by atoms with Crippen LogP contribution >= 0.6 is 11.3 Å². The number of nitrogens with zero attached hydrogens (tertiary/aromatic N) is 2. The van der Waals surface area contributed by atoms with E-state index in [-0.39, 0.29) is 5.69 Å². The van der Waals surface area contributed by atoms with Crippen LogP contribution < -0.4 is 10.5 Å². The molecule has 0 saturated carbocycles. The van der Waals surface area contributed by atoms with Gasteiger partial charge in [0.2, 0.25) is 0 Å². The van der Waals surface area contributed by atoms with Crippen molar-refractivity contribution in [1.82, 2.24) is 0 Å². The standard InChI is InChI=1S/C18H13N3O3S/c1-24-14-8-4-11(5-9-14)16-15(10-19)18(20)25-17(16)12-2-6-13(7-3-12)21(22)23/h2-9H,20H2,1H3. The fourth-order valence-electron chi connectivity index (χ4n) is 2.53. The first-order valence-corrected chi connectivity index (χ1v) is 8.08. The minimum atomic E-state index is -0.447. The second-order valence-corrected chi connectivity index (χ2v) is 6.24. The normalized spacial score (nSPS) is 10.2. The highest BCUT2D eigenvalue weighted by molar-refractivity contribution is 7.20. The highest BCUT2D eigenvalue weighted by Crippen LogP contribution is 2.44. The maximum absolute atomic E-state index is 10.8. The van der Waals surface area contributed by atoms with Gasteiger partial charge in [0.05, 0.1) is 17.6 Å². The third kappa shape index (κ3) is 3.03. The molecule has 124 valence electrons. The quantitative estimate of drug-likeness (QED) is 0.552. The predicted octanol–water partition coefficient (Wildman–Crippen LogP) is 4.45. The number of nitrogen functional groups attached to an aromatic ring is 1. The number of benzene rings is 2. The lowest BCUT2D eigenvalue weighted by atomic mass is 9.98. The van der Waals surface area contributed by atoms with Gasteiger partial charge < -0.3 is 10.5 Å². The Kier molecular flexibility index (Phi) is 4.37. The molecule has 0 bridgehead atoms. The fourth-order valence-corrected chi connectivity index (χ4v) is 3.58. The second kappa shape index (κ2) is 6.63. The van der Waals surface area contributed by atoms with Crippen LogP contribution in [0.1, 0.15) is 5.56 Å². The van der Waals surface area contributed by atoms with E-state index < -0.39 is 4.92 Å². The Labute approximate surface area is 147 Å². The largest absolute Gasteiger partial charge is 0.497 e. The van der Waals surface area contributed by atoms with Crippen molar-refractivity contribution in [2.45, 2.75) is 0 Å². The maximum Gasteiger partial charge on any atom is 0.269 e. The number of ether oxygens (including phenoxy) is 1. The summed E-state index contributed by atoms with van der Waals surface area (Å²) in [4.78, 5) is 11.2. The number of rotatable bonds is 4. The molecule has 0 spiro atoms. The lowest BCUT2D eigenvalue weighted by Gasteiger charge is -2.07. The Morgan fingerprint density at radius 3 is 2.24 bits per heavy atom. The Hall–Kier alpha value is -3.37. The van der Waals surface area contributed by atoms with E-state index in [1.165, 1.54) is 23.5 Å². The van der Waals surface area contributed by atoms with E-state index in [2.05, 4.69) is 6.07 Å². The Morgan fingerprint density at radius 2 is 1.72 bits per heavy atom. The first-order valence-electron chi connectivity index (χ1n) is 7.26. The summed E-state index contributed by atoms with van der Waals surface area (Å²) < 4.78 is 5.17. The van der Waals surface area contributed by atoms with Crippen LogP contribution in [0.2, 0.25) is 0 Å². The SMILES string of the molecule is COc1ccc(-c2c(-c3ccc([N+](=O)[O-])cc3)sc(N)c2C#N)cc1. The number of nitro benzene ring substituents is 1. The van der Waals surface area contributed by atoms with Crippen molar-refractivity contribution in [2.75, 3.05) is 12.8 Å². The van der Waals surface area contributed by atoms with Crippen molar-refractivity contribution in [3.63, 3.8) is 0 Å². The molecule has 6 nitrogen and oxygen atoms in total. The molecule has 0 unspecified atom stereocenters. The van der Waals surface area contributed by atoms with Gasteiger partial charge in [0.1, 0.15) is 16.8 Å². The molecule has 3 aromatic rings. The van der Waals surface area contributed by atoms with Gasteiger partial charge in [-0.25, -0.2) is 0 Å². The third-order valence-electron chi connectivity index (χ3n) is 3.77. The van der Waals surface area contributed by atoms with E-state index in [0.29, 0.717) is 16.3 Å². The Balaban J connectivity index is 2.17. The number of thiophene rings is 1. The summed E-state index contributed by atoms with van der Waals surface area (Å²) in [6.45, 7) is 0. The van der Waals surface area contributed by atoms with Gasteiger partial charge in [-0.2, -0.15) is 5.26 Å². The molecule has 0 amide bonds. The maximum atomic E-state index is 10.8. The van der Waals surface area contributed by atoms with Crippen LogP contribution in [-0.2, 0) is 0 Å². The average Bonchev–Trinajstić information content (AvgIpc) is 2.98. The zero-order valence-electron chi connectivity index (χ0n) is 13.2. The zero-order chi connectivity index (χ0) is 18.0. The van der Waals surface area contributed by atoms with E-state index in [9.17, 15) is 15.4 Å². The highest BCUT2D eigenvalue weighted by Gasteiger charge is 2.20. The number of nitriles is 1. The molecular formula is C18H13N3O3S. The molecular weight excluding hydrogens is 338 g/mol. The van der Waals surface area contributed by atoms with Gasteiger partial charge in [-0.05, 0) is 35.4 Å². The van der Waals surface area contributed by atoms with Gasteiger partial charge in [0.25, 0.3) is 5.69 Å². The number of anilines is 1. The van der Waals surface area contributed by atoms with E-state index in [0.717, 1.165) is 21.6 Å². The summed E-state index contributed by atoms with van der Waals surface area (Å²) in [5.74, 6) is 0.711. The molecule has 7 heteroatoms. The number of hydrogen-bond donors (Lipinski definition) is 1. The van der Waals surface area contributed by atoms with Gasteiger partial charge in [-0.1, -0.05) is 12.1 Å². The van der Waals surface area contributed by atoms with Crippen molar-refractivity contribution >= 4 is 22.0 Å². The second-order valence-electron chi connectivity index (χ2n) is 5.19. The topological polar surface area (TPSA) is 102 Å². The van der Waals surface area contributed by atoms with E-state index >= 15 is 0 Å². The van der Waals surface area contributed by atoms with Gasteiger partial charge in [-0.15, -0.1) is 11.3 Å². The van der Waals surface area contributed by atoms with E-state index in [4.69, 9.17) is 10.5 Å². The van der Waals surface area contributed by atoms with Crippen LogP contribution in [0.4, 0.5) is 10.7 Å². The lowest BCUT2D eigenvalue weighted by molar-refractivity contribution is -0.384. The summed E-state index contributed by atoms with van der Waals surface area (Å²) >= 11 is 1.29. The molecule has 2 N–H and O–H groups in total. The molecule has 3 rings (SSSR count). The first kappa shape index (κ1) is 16.5. The summed E-state index contributed by atoms with van der Waals surface area (Å²) in [6.07, 6.45) is 0. The Morgan fingerprint density at radius 1 is 1.12 bits per heavy atom. The highest BCUT2D eigenvalue weighted by atomic mass is 32.1. The molecule has 2 aromatic carbocycles. The molecule has 0 saturated heterocycles. The van der Waals surface area contributed by atoms with E-state index in [1.54, 1.807) is 19.2 Å². The summed E-state index contributed by atoms with van der Waals surface area (Å²) in [6, 6.07) is 15.7. The monoisotopic (exact) mass is 351 g/mol. The molecule has 1 heterocycles. The molecule has 0 aliphatic rings. The number of hydrogen-bond acceptors (Lipinski definition) is 6. The van der Waals surface area contributed by atoms with Gasteiger partial charge in [0, 0.05) is 22.6 Å². The number of nitrogens with two attached hydrogens (primary N) is 1. The molecule has 0 fully saturated rings. The van der Waals surface area contributed by atoms with Crippen molar-refractivity contribution in [3.8, 4) is 33.4 Å². The van der Waals surface area contributed by atoms with Crippen LogP contribution in [0.15, 0.2) is 48.5 Å². The van der Waals surface area contributed by atoms with Crippen LogP contribution in [0.3, 0.4) is 0 Å². The number of methoxy groups -OCH3 is 1. The minimum absolute atomic E-state index is 0.0137. The molecule has 0 atom stereocenters. The van der Waals surface area contributed by atoms with Crippen LogP contribution in [-0.4, -0.2) is 12.0 Å². The van der Waals surface area contributed by atoms with Crippen LogP contribution in [0.5, 0.6) is 5.75 Å². The fraction of sp³-hybridized carbons (Fsp3) is 0.0556. The predicted molar refractivity (Wildman–Crippen MR) is 97.5 cm³/mol. The van der Waals surface area contributed by atoms with Gasteiger partial charge in [0.15, 0.2) is 0 Å². The molecule has 25 heavy (non-hydrogen) atoms. The zero-order valence-corrected chi connectivity index (χ0v) is 14.0. The smallest absolute Gasteiger partial charge is 0.269 e. The minimum Gasteiger partial charge on any atom is -0.497 e. The number of non-ortho nitro benzene ring substituents is 1. The molecule has 1 aromatic heterocycles. The number of nitro groups is 1. The van der Waals surface area contributed by atoms with Crippen molar-refractivity contribution in [2.24, 2.45) is 0 Å². The molecule has 0 radical (unpaired) electrons. The summed E-state index contributed by atoms with van der Waals surface area (Å²) in [5.41, 5.74) is 8.77. The molecule has 0 aliphatic heterocycles. The van der Waals surface area contributed by atoms with Crippen molar-refractivity contribution in [3.05, 3.63) is 64.2 Å². The van der Waals surface area contributed by atoms with Gasteiger partial charge in [-0.3, -0.25) is 10.1 Å². The molecule has 0 aliphatic carbocycles. The van der Waals surface area contributed by atoms with Crippen LogP contribution in [0, 0.1) is 21.4 Å². The summed E-state index contributed by atoms with van der Waals surface area (Å²) in [7, 11) is 1.58. The van der Waals surface area contributed by atoms with Gasteiger partial charge >= 0.3 is 0 Å². The van der Waals surface area contributed by atoms with E-state index in [1.807, 2.05) is 24.3 Å². The lowest BCUT2D eigenvalue weighted by Crippen LogP contribution is -1.89. The Bertz CT molecular complexity index is 971. The van der Waals surface area contributed by atoms with Crippen LogP contribution in [0.25, 0.3) is 21.6 Å². The van der Waals surface area contributed by atoms with Crippen molar-refractivity contribution in [1.29, 1.82) is 5.26 Å². The first-order chi connectivity index (χ1) is 12.0. The summed E-state index contributed by atoms with van der Waals surface area (Å²) in [5, 5.41) is 20.8.